The fraction of sp³-hybridized carbons (Fsp3) is 0.250. The molecule has 1 aliphatic rings. The number of hydrazine groups is 1. The lowest BCUT2D eigenvalue weighted by Gasteiger charge is -2.26. The van der Waals surface area contributed by atoms with Gasteiger partial charge in [-0.05, 0) is 43.2 Å². The third kappa shape index (κ3) is 4.56. The number of hydrogen-bond acceptors (Lipinski definition) is 7. The first-order chi connectivity index (χ1) is 14.4. The molecule has 0 aliphatic carbocycles. The maximum absolute atomic E-state index is 12.8. The fourth-order valence-electron chi connectivity index (χ4n) is 3.37. The molecule has 4 rings (SSSR count). The summed E-state index contributed by atoms with van der Waals surface area (Å²) >= 11 is 0. The van der Waals surface area contributed by atoms with Crippen LogP contribution in [0.2, 0.25) is 0 Å². The molecule has 2 aromatic carbocycles. The van der Waals surface area contributed by atoms with Gasteiger partial charge < -0.3 is 5.32 Å². The van der Waals surface area contributed by atoms with Gasteiger partial charge in [0.25, 0.3) is 5.91 Å². The molecule has 1 aliphatic heterocycles. The highest BCUT2D eigenvalue weighted by Crippen LogP contribution is 2.21. The molecular formula is C20H22N6O3S. The van der Waals surface area contributed by atoms with Gasteiger partial charge in [0, 0.05) is 30.4 Å². The van der Waals surface area contributed by atoms with Crippen LogP contribution in [0.3, 0.4) is 0 Å². The summed E-state index contributed by atoms with van der Waals surface area (Å²) in [6.45, 7) is 1.68. The number of para-hydroxylation sites is 1. The number of primary sulfonamides is 1. The van der Waals surface area contributed by atoms with E-state index in [0.29, 0.717) is 22.7 Å². The highest BCUT2D eigenvalue weighted by Gasteiger charge is 2.17. The number of anilines is 2. The Bertz CT molecular complexity index is 1170. The van der Waals surface area contributed by atoms with Gasteiger partial charge in [-0.25, -0.2) is 28.5 Å². The first-order valence-electron chi connectivity index (χ1n) is 9.62. The Hall–Kier alpha value is -3.08. The van der Waals surface area contributed by atoms with Crippen molar-refractivity contribution >= 4 is 38.5 Å². The Labute approximate surface area is 174 Å². The van der Waals surface area contributed by atoms with Gasteiger partial charge in [-0.2, -0.15) is 0 Å². The predicted octanol–water partition coefficient (Wildman–Crippen LogP) is 2.15. The maximum atomic E-state index is 12.8. The average Bonchev–Trinajstić information content (AvgIpc) is 2.74. The Morgan fingerprint density at radius 1 is 1.03 bits per heavy atom. The van der Waals surface area contributed by atoms with Crippen LogP contribution >= 0.6 is 0 Å². The summed E-state index contributed by atoms with van der Waals surface area (Å²) in [4.78, 5) is 21.6. The number of piperidine rings is 1. The number of nitrogens with two attached hydrogens (primary N) is 1. The second-order valence-electron chi connectivity index (χ2n) is 7.12. The molecule has 156 valence electrons. The van der Waals surface area contributed by atoms with E-state index < -0.39 is 10.0 Å². The monoisotopic (exact) mass is 426 g/mol. The van der Waals surface area contributed by atoms with E-state index in [2.05, 4.69) is 20.7 Å². The van der Waals surface area contributed by atoms with E-state index in [1.807, 2.05) is 11.1 Å². The van der Waals surface area contributed by atoms with Crippen molar-refractivity contribution in [2.75, 3.05) is 18.4 Å². The van der Waals surface area contributed by atoms with E-state index in [9.17, 15) is 13.2 Å². The Balaban J connectivity index is 1.58. The van der Waals surface area contributed by atoms with Crippen LogP contribution in [0.25, 0.3) is 10.9 Å². The number of fused-ring (bicyclic) bond motifs is 1. The summed E-state index contributed by atoms with van der Waals surface area (Å²) in [7, 11) is -3.76. The number of hydrogen-bond donors (Lipinski definition) is 3. The molecule has 1 fully saturated rings. The van der Waals surface area contributed by atoms with Crippen LogP contribution in [0, 0.1) is 0 Å². The number of carbonyl (C=O) groups is 1. The highest BCUT2D eigenvalue weighted by atomic mass is 32.2. The number of nitrogens with one attached hydrogen (secondary N) is 2. The molecule has 30 heavy (non-hydrogen) atoms. The van der Waals surface area contributed by atoms with Gasteiger partial charge >= 0.3 is 0 Å². The molecule has 0 spiro atoms. The minimum atomic E-state index is -3.76. The van der Waals surface area contributed by atoms with E-state index >= 15 is 0 Å². The normalized spacial score (nSPS) is 15.1. The van der Waals surface area contributed by atoms with E-state index in [4.69, 9.17) is 5.14 Å². The quantitative estimate of drug-likeness (QED) is 0.570. The molecule has 2 heterocycles. The minimum Gasteiger partial charge on any atom is -0.324 e. The zero-order valence-corrected chi connectivity index (χ0v) is 17.0. The van der Waals surface area contributed by atoms with Gasteiger partial charge in [0.05, 0.1) is 16.0 Å². The lowest BCUT2D eigenvalue weighted by Crippen LogP contribution is -2.45. The number of rotatable bonds is 5. The van der Waals surface area contributed by atoms with Crippen LogP contribution in [-0.4, -0.2) is 42.4 Å². The number of benzene rings is 2. The van der Waals surface area contributed by atoms with Gasteiger partial charge in [0.15, 0.2) is 0 Å². The van der Waals surface area contributed by atoms with Gasteiger partial charge in [-0.1, -0.05) is 18.6 Å². The smallest absolute Gasteiger partial charge is 0.267 e. The number of amides is 1. The summed E-state index contributed by atoms with van der Waals surface area (Å²) in [5.74, 6) is 0.0914. The topological polar surface area (TPSA) is 130 Å². The van der Waals surface area contributed by atoms with Crippen molar-refractivity contribution in [1.29, 1.82) is 0 Å². The largest absolute Gasteiger partial charge is 0.324 e. The van der Waals surface area contributed by atoms with Crippen molar-refractivity contribution in [2.24, 2.45) is 5.14 Å². The third-order valence-corrected chi connectivity index (χ3v) is 5.84. The standard InChI is InChI=1S/C20H22N6O3S/c21-30(28,29)16-9-7-15(8-10-16)23-20-22-13-14-5-4-6-17(18(14)24-20)19(27)25-26-11-2-1-3-12-26/h4-10,13H,1-3,11-12H2,(H,25,27)(H2,21,28,29)(H,22,23,24). The summed E-state index contributed by atoms with van der Waals surface area (Å²) in [6.07, 6.45) is 4.95. The van der Waals surface area contributed by atoms with Crippen molar-refractivity contribution in [3.63, 3.8) is 0 Å². The molecule has 1 saturated heterocycles. The molecule has 9 nitrogen and oxygen atoms in total. The minimum absolute atomic E-state index is 0.0177. The molecule has 0 unspecified atom stereocenters. The Kier molecular flexibility index (Phi) is 5.62. The lowest BCUT2D eigenvalue weighted by atomic mass is 10.1. The summed E-state index contributed by atoms with van der Waals surface area (Å²) in [5, 5.41) is 10.8. The molecule has 10 heteroatoms. The predicted molar refractivity (Wildman–Crippen MR) is 114 cm³/mol. The highest BCUT2D eigenvalue weighted by molar-refractivity contribution is 7.89. The zero-order valence-electron chi connectivity index (χ0n) is 16.2. The zero-order chi connectivity index (χ0) is 21.1. The van der Waals surface area contributed by atoms with Gasteiger partial charge in [-0.15, -0.1) is 0 Å². The third-order valence-electron chi connectivity index (χ3n) is 4.91. The molecule has 0 atom stereocenters. The second-order valence-corrected chi connectivity index (χ2v) is 8.68. The van der Waals surface area contributed by atoms with E-state index in [0.717, 1.165) is 31.3 Å². The first kappa shape index (κ1) is 20.2. The van der Waals surface area contributed by atoms with Gasteiger partial charge in [-0.3, -0.25) is 10.2 Å². The lowest BCUT2D eigenvalue weighted by molar-refractivity contribution is 0.0751. The van der Waals surface area contributed by atoms with Crippen LogP contribution in [0.15, 0.2) is 53.6 Å². The van der Waals surface area contributed by atoms with Crippen molar-refractivity contribution in [2.45, 2.75) is 24.2 Å². The maximum Gasteiger partial charge on any atom is 0.267 e. The molecule has 0 radical (unpaired) electrons. The van der Waals surface area contributed by atoms with E-state index in [1.165, 1.54) is 18.6 Å². The molecule has 0 bridgehead atoms. The summed E-state index contributed by atoms with van der Waals surface area (Å²) in [5.41, 5.74) is 4.55. The van der Waals surface area contributed by atoms with Gasteiger partial charge in [0.2, 0.25) is 16.0 Å². The molecule has 1 aromatic heterocycles. The number of nitrogens with zero attached hydrogens (tertiary/aromatic N) is 3. The first-order valence-corrected chi connectivity index (χ1v) is 11.2. The van der Waals surface area contributed by atoms with Crippen LogP contribution in [-0.2, 0) is 10.0 Å². The van der Waals surface area contributed by atoms with Crippen molar-refractivity contribution in [3.05, 3.63) is 54.2 Å². The molecule has 3 aromatic rings. The summed E-state index contributed by atoms with van der Waals surface area (Å²) in [6, 6.07) is 11.3. The Morgan fingerprint density at radius 3 is 2.47 bits per heavy atom. The van der Waals surface area contributed by atoms with Crippen molar-refractivity contribution in [3.8, 4) is 0 Å². The van der Waals surface area contributed by atoms with Crippen LogP contribution in [0.1, 0.15) is 29.6 Å². The average molecular weight is 427 g/mol. The van der Waals surface area contributed by atoms with E-state index in [-0.39, 0.29) is 10.8 Å². The van der Waals surface area contributed by atoms with Crippen LogP contribution in [0.4, 0.5) is 11.6 Å². The van der Waals surface area contributed by atoms with Crippen molar-refractivity contribution in [1.82, 2.24) is 20.4 Å². The molecular weight excluding hydrogens is 404 g/mol. The number of carbonyl (C=O) groups excluding carboxylic acids is 1. The van der Waals surface area contributed by atoms with Crippen LogP contribution in [0.5, 0.6) is 0 Å². The summed E-state index contributed by atoms with van der Waals surface area (Å²) < 4.78 is 22.8. The molecule has 1 amide bonds. The molecule has 4 N–H and O–H groups in total. The Morgan fingerprint density at radius 2 is 1.77 bits per heavy atom. The fourth-order valence-corrected chi connectivity index (χ4v) is 3.88. The number of sulfonamides is 1. The van der Waals surface area contributed by atoms with Gasteiger partial charge in [0.1, 0.15) is 0 Å². The SMILES string of the molecule is NS(=O)(=O)c1ccc(Nc2ncc3cccc(C(=O)NN4CCCCC4)c3n2)cc1. The van der Waals surface area contributed by atoms with Crippen LogP contribution < -0.4 is 15.9 Å². The number of aromatic nitrogens is 2. The van der Waals surface area contributed by atoms with Crippen molar-refractivity contribution < 1.29 is 13.2 Å². The van der Waals surface area contributed by atoms with E-state index in [1.54, 1.807) is 30.5 Å². The molecule has 0 saturated carbocycles. The second kappa shape index (κ2) is 8.34.